The predicted molar refractivity (Wildman–Crippen MR) is 63.8 cm³/mol. The first-order valence-electron chi connectivity index (χ1n) is 5.63. The number of aryl methyl sites for hydroxylation is 3. The van der Waals surface area contributed by atoms with Crippen molar-refractivity contribution < 1.29 is 0 Å². The molecule has 0 aliphatic carbocycles. The first-order valence-corrected chi connectivity index (χ1v) is 5.63. The molecule has 0 radical (unpaired) electrons. The fourth-order valence-corrected chi connectivity index (χ4v) is 2.10. The average molecular weight is 190 g/mol. The van der Waals surface area contributed by atoms with Crippen LogP contribution in [-0.2, 0) is 12.8 Å². The van der Waals surface area contributed by atoms with Crippen molar-refractivity contribution in [2.24, 2.45) is 5.92 Å². The largest absolute Gasteiger partial charge is 0.0625 e. The second-order valence-corrected chi connectivity index (χ2v) is 4.67. The van der Waals surface area contributed by atoms with Crippen molar-refractivity contribution >= 4 is 0 Å². The molecule has 0 bridgehead atoms. The molecule has 0 unspecified atom stereocenters. The van der Waals surface area contributed by atoms with E-state index in [2.05, 4.69) is 46.8 Å². The summed E-state index contributed by atoms with van der Waals surface area (Å²) in [6, 6.07) is 4.64. The maximum atomic E-state index is 2.34. The molecule has 0 N–H and O–H groups in total. The summed E-state index contributed by atoms with van der Waals surface area (Å²) in [6.07, 6.45) is 2.37. The van der Waals surface area contributed by atoms with Crippen molar-refractivity contribution in [3.05, 3.63) is 34.4 Å². The summed E-state index contributed by atoms with van der Waals surface area (Å²) in [4.78, 5) is 0. The lowest BCUT2D eigenvalue weighted by Crippen LogP contribution is -2.02. The van der Waals surface area contributed by atoms with Gasteiger partial charge in [0.1, 0.15) is 0 Å². The van der Waals surface area contributed by atoms with E-state index in [1.165, 1.54) is 23.1 Å². The van der Waals surface area contributed by atoms with Gasteiger partial charge in [0.2, 0.25) is 0 Å². The van der Waals surface area contributed by atoms with Gasteiger partial charge < -0.3 is 0 Å². The van der Waals surface area contributed by atoms with Crippen molar-refractivity contribution in [3.63, 3.8) is 0 Å². The van der Waals surface area contributed by atoms with E-state index in [4.69, 9.17) is 0 Å². The lowest BCUT2D eigenvalue weighted by molar-refractivity contribution is 0.640. The zero-order valence-corrected chi connectivity index (χ0v) is 10.1. The first-order chi connectivity index (χ1) is 6.54. The van der Waals surface area contributed by atoms with Crippen LogP contribution in [0.2, 0.25) is 0 Å². The minimum absolute atomic E-state index is 0.752. The fraction of sp³-hybridized carbons (Fsp3) is 0.571. The van der Waals surface area contributed by atoms with E-state index in [0.717, 1.165) is 12.3 Å². The SMILES string of the molecule is CCc1cc(C)cc(C)c1CC(C)C. The van der Waals surface area contributed by atoms with Crippen LogP contribution in [0.3, 0.4) is 0 Å². The van der Waals surface area contributed by atoms with E-state index in [9.17, 15) is 0 Å². The third-order valence-electron chi connectivity index (χ3n) is 2.70. The first kappa shape index (κ1) is 11.3. The second-order valence-electron chi connectivity index (χ2n) is 4.67. The van der Waals surface area contributed by atoms with E-state index >= 15 is 0 Å². The highest BCUT2D eigenvalue weighted by atomic mass is 14.1. The summed E-state index contributed by atoms with van der Waals surface area (Å²) in [5.41, 5.74) is 5.98. The quantitative estimate of drug-likeness (QED) is 0.674. The minimum Gasteiger partial charge on any atom is -0.0625 e. The predicted octanol–water partition coefficient (Wildman–Crippen LogP) is 4.06. The molecule has 78 valence electrons. The molecule has 0 nitrogen and oxygen atoms in total. The molecule has 0 atom stereocenters. The second kappa shape index (κ2) is 4.63. The molecule has 0 spiro atoms. The number of benzene rings is 1. The Morgan fingerprint density at radius 1 is 1.14 bits per heavy atom. The zero-order chi connectivity index (χ0) is 10.7. The molecular formula is C14H22. The molecule has 1 aromatic rings. The van der Waals surface area contributed by atoms with Gasteiger partial charge in [0.15, 0.2) is 0 Å². The Kier molecular flexibility index (Phi) is 3.74. The lowest BCUT2D eigenvalue weighted by Gasteiger charge is -2.14. The minimum atomic E-state index is 0.752. The number of rotatable bonds is 3. The van der Waals surface area contributed by atoms with Gasteiger partial charge in [-0.2, -0.15) is 0 Å². The molecule has 0 aliphatic rings. The van der Waals surface area contributed by atoms with Gasteiger partial charge in [0.05, 0.1) is 0 Å². The third-order valence-corrected chi connectivity index (χ3v) is 2.70. The summed E-state index contributed by atoms with van der Waals surface area (Å²) >= 11 is 0. The van der Waals surface area contributed by atoms with Gasteiger partial charge in [-0.05, 0) is 49.3 Å². The number of hydrogen-bond acceptors (Lipinski definition) is 0. The summed E-state index contributed by atoms with van der Waals surface area (Å²) < 4.78 is 0. The van der Waals surface area contributed by atoms with E-state index in [0.29, 0.717) is 0 Å². The molecule has 1 rings (SSSR count). The molecule has 0 heterocycles. The zero-order valence-electron chi connectivity index (χ0n) is 10.1. The molecule has 0 heteroatoms. The Labute approximate surface area is 88.4 Å². The number of hydrogen-bond donors (Lipinski definition) is 0. The molecule has 0 aliphatic heterocycles. The van der Waals surface area contributed by atoms with Crippen LogP contribution >= 0.6 is 0 Å². The van der Waals surface area contributed by atoms with Crippen LogP contribution < -0.4 is 0 Å². The molecular weight excluding hydrogens is 168 g/mol. The summed E-state index contributed by atoms with van der Waals surface area (Å²) in [6.45, 7) is 11.3. The van der Waals surface area contributed by atoms with Gasteiger partial charge in [0, 0.05) is 0 Å². The highest BCUT2D eigenvalue weighted by Crippen LogP contribution is 2.20. The summed E-state index contributed by atoms with van der Waals surface area (Å²) in [5, 5.41) is 0. The van der Waals surface area contributed by atoms with Gasteiger partial charge >= 0.3 is 0 Å². The standard InChI is InChI=1S/C14H22/c1-6-13-9-11(4)8-12(5)14(13)7-10(2)3/h8-10H,6-7H2,1-5H3. The highest BCUT2D eigenvalue weighted by molar-refractivity contribution is 5.38. The molecule has 0 fully saturated rings. The van der Waals surface area contributed by atoms with Crippen molar-refractivity contribution in [1.82, 2.24) is 0 Å². The van der Waals surface area contributed by atoms with Crippen LogP contribution in [0.15, 0.2) is 12.1 Å². The smallest absolute Gasteiger partial charge is 0.0250 e. The maximum Gasteiger partial charge on any atom is -0.0250 e. The summed E-state index contributed by atoms with van der Waals surface area (Å²) in [5.74, 6) is 0.752. The van der Waals surface area contributed by atoms with Crippen molar-refractivity contribution in [2.45, 2.75) is 47.5 Å². The Hall–Kier alpha value is -0.780. The monoisotopic (exact) mass is 190 g/mol. The topological polar surface area (TPSA) is 0 Å². The van der Waals surface area contributed by atoms with Gasteiger partial charge in [-0.25, -0.2) is 0 Å². The van der Waals surface area contributed by atoms with Gasteiger partial charge in [-0.3, -0.25) is 0 Å². The van der Waals surface area contributed by atoms with E-state index in [1.54, 1.807) is 5.56 Å². The fourth-order valence-electron chi connectivity index (χ4n) is 2.10. The van der Waals surface area contributed by atoms with Crippen molar-refractivity contribution in [1.29, 1.82) is 0 Å². The highest BCUT2D eigenvalue weighted by Gasteiger charge is 2.07. The van der Waals surface area contributed by atoms with Gasteiger partial charge in [-0.15, -0.1) is 0 Å². The van der Waals surface area contributed by atoms with Crippen molar-refractivity contribution in [2.75, 3.05) is 0 Å². The van der Waals surface area contributed by atoms with Crippen LogP contribution in [0.4, 0.5) is 0 Å². The van der Waals surface area contributed by atoms with Crippen LogP contribution in [0.25, 0.3) is 0 Å². The molecule has 0 saturated carbocycles. The van der Waals surface area contributed by atoms with Gasteiger partial charge in [-0.1, -0.05) is 38.5 Å². The Morgan fingerprint density at radius 2 is 1.79 bits per heavy atom. The van der Waals surface area contributed by atoms with Crippen LogP contribution in [0, 0.1) is 19.8 Å². The van der Waals surface area contributed by atoms with Gasteiger partial charge in [0.25, 0.3) is 0 Å². The van der Waals surface area contributed by atoms with E-state index in [-0.39, 0.29) is 0 Å². The van der Waals surface area contributed by atoms with Crippen LogP contribution in [-0.4, -0.2) is 0 Å². The lowest BCUT2D eigenvalue weighted by atomic mass is 9.91. The third kappa shape index (κ3) is 2.60. The summed E-state index contributed by atoms with van der Waals surface area (Å²) in [7, 11) is 0. The molecule has 1 aromatic carbocycles. The normalized spacial score (nSPS) is 11.0. The molecule has 0 saturated heterocycles. The molecule has 14 heavy (non-hydrogen) atoms. The molecule has 0 amide bonds. The van der Waals surface area contributed by atoms with Crippen LogP contribution in [0.5, 0.6) is 0 Å². The maximum absolute atomic E-state index is 2.34. The van der Waals surface area contributed by atoms with E-state index in [1.807, 2.05) is 0 Å². The Bertz CT molecular complexity index is 308. The average Bonchev–Trinajstić information content (AvgIpc) is 2.08. The Balaban J connectivity index is 3.11. The Morgan fingerprint density at radius 3 is 2.29 bits per heavy atom. The van der Waals surface area contributed by atoms with Crippen molar-refractivity contribution in [3.8, 4) is 0 Å². The van der Waals surface area contributed by atoms with E-state index < -0.39 is 0 Å². The van der Waals surface area contributed by atoms with Crippen LogP contribution in [0.1, 0.15) is 43.0 Å². The molecule has 0 aromatic heterocycles.